The number of para-hydroxylation sites is 1. The van der Waals surface area contributed by atoms with Crippen LogP contribution in [0.2, 0.25) is 0 Å². The number of hydrogen-bond donors (Lipinski definition) is 2. The molecule has 1 heterocycles. The van der Waals surface area contributed by atoms with Crippen molar-refractivity contribution in [1.29, 1.82) is 0 Å². The highest BCUT2D eigenvalue weighted by molar-refractivity contribution is 9.10. The minimum atomic E-state index is -0.169. The van der Waals surface area contributed by atoms with E-state index in [9.17, 15) is 4.79 Å². The maximum atomic E-state index is 12.7. The summed E-state index contributed by atoms with van der Waals surface area (Å²) in [5, 5.41) is 4.40. The molecule has 1 aliphatic carbocycles. The number of amides is 1. The van der Waals surface area contributed by atoms with Crippen LogP contribution in [-0.2, 0) is 16.8 Å². The third-order valence-corrected chi connectivity index (χ3v) is 5.42. The first-order valence-electron chi connectivity index (χ1n) is 8.21. The number of benzene rings is 2. The van der Waals surface area contributed by atoms with Gasteiger partial charge in [-0.2, -0.15) is 0 Å². The number of aromatic amines is 1. The molecule has 122 valence electrons. The highest BCUT2D eigenvalue weighted by Crippen LogP contribution is 2.45. The van der Waals surface area contributed by atoms with Gasteiger partial charge in [0.15, 0.2) is 0 Å². The number of carbonyl (C=O) groups is 1. The van der Waals surface area contributed by atoms with E-state index in [4.69, 9.17) is 0 Å². The molecule has 3 nitrogen and oxygen atoms in total. The van der Waals surface area contributed by atoms with Crippen molar-refractivity contribution >= 4 is 32.7 Å². The van der Waals surface area contributed by atoms with E-state index in [1.54, 1.807) is 0 Å². The fourth-order valence-electron chi connectivity index (χ4n) is 3.41. The predicted molar refractivity (Wildman–Crippen MR) is 99.9 cm³/mol. The number of nitrogens with one attached hydrogen (secondary N) is 2. The number of carbonyl (C=O) groups excluding carboxylic acids is 1. The standard InChI is InChI=1S/C20H19BrN2O/c1-13-17(16-4-2-3-5-18(16)22-13)12-19(24)23-20(10-11-20)14-6-8-15(21)9-7-14/h2-9,22H,10-12H2,1H3,(H,23,24). The SMILES string of the molecule is Cc1[nH]c2ccccc2c1CC(=O)NC1(c2ccc(Br)cc2)CC1. The van der Waals surface area contributed by atoms with Crippen LogP contribution in [-0.4, -0.2) is 10.9 Å². The minimum absolute atomic E-state index is 0.0864. The molecule has 0 spiro atoms. The van der Waals surface area contributed by atoms with Crippen LogP contribution in [0.4, 0.5) is 0 Å². The van der Waals surface area contributed by atoms with E-state index in [0.717, 1.165) is 39.5 Å². The van der Waals surface area contributed by atoms with Crippen molar-refractivity contribution in [2.75, 3.05) is 0 Å². The molecule has 2 N–H and O–H groups in total. The third kappa shape index (κ3) is 2.75. The summed E-state index contributed by atoms with van der Waals surface area (Å²) in [5.74, 6) is 0.0864. The van der Waals surface area contributed by atoms with Crippen molar-refractivity contribution in [2.24, 2.45) is 0 Å². The molecule has 0 bridgehead atoms. The molecular weight excluding hydrogens is 364 g/mol. The van der Waals surface area contributed by atoms with Crippen LogP contribution in [0.1, 0.15) is 29.7 Å². The fraction of sp³-hybridized carbons (Fsp3) is 0.250. The van der Waals surface area contributed by atoms with Gasteiger partial charge in [0.1, 0.15) is 0 Å². The minimum Gasteiger partial charge on any atom is -0.358 e. The Kier molecular flexibility index (Phi) is 3.72. The predicted octanol–water partition coefficient (Wildman–Crippen LogP) is 4.59. The van der Waals surface area contributed by atoms with Crippen molar-refractivity contribution in [3.05, 3.63) is 69.8 Å². The summed E-state index contributed by atoms with van der Waals surface area (Å²) in [6, 6.07) is 16.4. The van der Waals surface area contributed by atoms with Gasteiger partial charge in [0.05, 0.1) is 12.0 Å². The Balaban J connectivity index is 1.54. The number of rotatable bonds is 4. The molecule has 1 saturated carbocycles. The molecule has 0 aliphatic heterocycles. The molecule has 1 aliphatic rings. The summed E-state index contributed by atoms with van der Waals surface area (Å²) in [5.41, 5.74) is 4.27. The Morgan fingerprint density at radius 3 is 2.58 bits per heavy atom. The Morgan fingerprint density at radius 1 is 1.17 bits per heavy atom. The highest BCUT2D eigenvalue weighted by Gasteiger charge is 2.45. The zero-order valence-electron chi connectivity index (χ0n) is 13.5. The van der Waals surface area contributed by atoms with Crippen LogP contribution >= 0.6 is 15.9 Å². The third-order valence-electron chi connectivity index (χ3n) is 4.89. The number of halogens is 1. The van der Waals surface area contributed by atoms with Gasteiger partial charge in [0, 0.05) is 21.1 Å². The van der Waals surface area contributed by atoms with Crippen molar-refractivity contribution < 1.29 is 4.79 Å². The van der Waals surface area contributed by atoms with Gasteiger partial charge in [0.25, 0.3) is 0 Å². The zero-order chi connectivity index (χ0) is 16.7. The summed E-state index contributed by atoms with van der Waals surface area (Å²) in [4.78, 5) is 16.0. The van der Waals surface area contributed by atoms with E-state index in [0.29, 0.717) is 6.42 Å². The van der Waals surface area contributed by atoms with Crippen LogP contribution in [0.15, 0.2) is 53.0 Å². The lowest BCUT2D eigenvalue weighted by atomic mass is 10.0. The zero-order valence-corrected chi connectivity index (χ0v) is 15.1. The molecule has 1 fully saturated rings. The molecule has 24 heavy (non-hydrogen) atoms. The lowest BCUT2D eigenvalue weighted by Crippen LogP contribution is -2.35. The monoisotopic (exact) mass is 382 g/mol. The number of hydrogen-bond acceptors (Lipinski definition) is 1. The Hall–Kier alpha value is -2.07. The first-order chi connectivity index (χ1) is 11.6. The molecular formula is C20H19BrN2O. The summed E-state index contributed by atoms with van der Waals surface area (Å²) >= 11 is 3.46. The topological polar surface area (TPSA) is 44.9 Å². The summed E-state index contributed by atoms with van der Waals surface area (Å²) in [6.07, 6.45) is 2.43. The number of aryl methyl sites for hydroxylation is 1. The van der Waals surface area contributed by atoms with E-state index in [1.807, 2.05) is 37.3 Å². The Labute approximate surface area is 149 Å². The van der Waals surface area contributed by atoms with E-state index in [2.05, 4.69) is 44.4 Å². The van der Waals surface area contributed by atoms with E-state index in [-0.39, 0.29) is 11.4 Å². The number of H-pyrrole nitrogens is 1. The highest BCUT2D eigenvalue weighted by atomic mass is 79.9. The Morgan fingerprint density at radius 2 is 1.88 bits per heavy atom. The van der Waals surface area contributed by atoms with Gasteiger partial charge in [0.2, 0.25) is 5.91 Å². The first-order valence-corrected chi connectivity index (χ1v) is 9.00. The van der Waals surface area contributed by atoms with Gasteiger partial charge in [-0.1, -0.05) is 46.3 Å². The van der Waals surface area contributed by atoms with Crippen LogP contribution < -0.4 is 5.32 Å². The maximum absolute atomic E-state index is 12.7. The molecule has 4 rings (SSSR count). The Bertz CT molecular complexity index is 907. The molecule has 1 aromatic heterocycles. The van der Waals surface area contributed by atoms with Gasteiger partial charge in [-0.05, 0) is 49.1 Å². The molecule has 0 saturated heterocycles. The van der Waals surface area contributed by atoms with Crippen molar-refractivity contribution in [2.45, 2.75) is 31.7 Å². The maximum Gasteiger partial charge on any atom is 0.225 e. The van der Waals surface area contributed by atoms with Crippen LogP contribution in [0.5, 0.6) is 0 Å². The molecule has 4 heteroatoms. The number of aromatic nitrogens is 1. The van der Waals surface area contributed by atoms with Crippen LogP contribution in [0.25, 0.3) is 10.9 Å². The van der Waals surface area contributed by atoms with Gasteiger partial charge in [-0.3, -0.25) is 4.79 Å². The molecule has 1 amide bonds. The normalized spacial score (nSPS) is 15.4. The summed E-state index contributed by atoms with van der Waals surface area (Å²) in [7, 11) is 0. The average molecular weight is 383 g/mol. The van der Waals surface area contributed by atoms with Crippen LogP contribution in [0, 0.1) is 6.92 Å². The van der Waals surface area contributed by atoms with E-state index in [1.165, 1.54) is 5.56 Å². The van der Waals surface area contributed by atoms with Crippen molar-refractivity contribution in [3.63, 3.8) is 0 Å². The second-order valence-electron chi connectivity index (χ2n) is 6.59. The number of fused-ring (bicyclic) bond motifs is 1. The van der Waals surface area contributed by atoms with Crippen molar-refractivity contribution in [3.8, 4) is 0 Å². The molecule has 0 atom stereocenters. The summed E-state index contributed by atoms with van der Waals surface area (Å²) < 4.78 is 1.06. The quantitative estimate of drug-likeness (QED) is 0.680. The smallest absolute Gasteiger partial charge is 0.225 e. The van der Waals surface area contributed by atoms with Crippen LogP contribution in [0.3, 0.4) is 0 Å². The molecule has 0 radical (unpaired) electrons. The molecule has 0 unspecified atom stereocenters. The van der Waals surface area contributed by atoms with E-state index < -0.39 is 0 Å². The first kappa shape index (κ1) is 15.5. The largest absolute Gasteiger partial charge is 0.358 e. The van der Waals surface area contributed by atoms with E-state index >= 15 is 0 Å². The summed E-state index contributed by atoms with van der Waals surface area (Å²) in [6.45, 7) is 2.03. The average Bonchev–Trinajstić information content (AvgIpc) is 3.27. The van der Waals surface area contributed by atoms with Crippen molar-refractivity contribution in [1.82, 2.24) is 10.3 Å². The second-order valence-corrected chi connectivity index (χ2v) is 7.50. The lowest BCUT2D eigenvalue weighted by molar-refractivity contribution is -0.121. The molecule has 3 aromatic rings. The lowest BCUT2D eigenvalue weighted by Gasteiger charge is -2.18. The van der Waals surface area contributed by atoms with Gasteiger partial charge >= 0.3 is 0 Å². The second kappa shape index (κ2) is 5.78. The van der Waals surface area contributed by atoms with Gasteiger partial charge in [-0.25, -0.2) is 0 Å². The van der Waals surface area contributed by atoms with Gasteiger partial charge in [-0.15, -0.1) is 0 Å². The van der Waals surface area contributed by atoms with Gasteiger partial charge < -0.3 is 10.3 Å². The fourth-order valence-corrected chi connectivity index (χ4v) is 3.68. The molecule has 2 aromatic carbocycles.